The molecule has 0 radical (unpaired) electrons. The van der Waals surface area contributed by atoms with Crippen molar-refractivity contribution in [1.29, 1.82) is 0 Å². The Morgan fingerprint density at radius 1 is 1.13 bits per heavy atom. The number of halogens is 2. The molecule has 0 aliphatic heterocycles. The molecular formula is C17H27Cl2N3O. The van der Waals surface area contributed by atoms with Gasteiger partial charge in [-0.3, -0.25) is 4.98 Å². The third-order valence-corrected chi connectivity index (χ3v) is 3.72. The molecule has 0 fully saturated rings. The summed E-state index contributed by atoms with van der Waals surface area (Å²) < 4.78 is 5.40. The zero-order valence-corrected chi connectivity index (χ0v) is 15.4. The molecule has 130 valence electrons. The normalized spacial score (nSPS) is 9.87. The van der Waals surface area contributed by atoms with Crippen LogP contribution in [0.5, 0.6) is 5.75 Å². The Kier molecular flexibility index (Phi) is 10.7. The molecule has 4 nitrogen and oxygen atoms in total. The van der Waals surface area contributed by atoms with E-state index in [1.165, 1.54) is 18.4 Å². The van der Waals surface area contributed by atoms with Crippen molar-refractivity contribution in [1.82, 2.24) is 4.98 Å². The third-order valence-electron chi connectivity index (χ3n) is 3.72. The largest absolute Gasteiger partial charge is 0.497 e. The maximum absolute atomic E-state index is 5.50. The molecular weight excluding hydrogens is 333 g/mol. The molecule has 2 aromatic rings. The van der Waals surface area contributed by atoms with E-state index in [-0.39, 0.29) is 24.8 Å². The standard InChI is InChI=1S/C17H25N3O.2ClH/c1-13-7-10-20-17-15(13)11-14(21-2)12-16(17)19-9-6-4-3-5-8-18;;/h7,10-12,19H,3-6,8-9,18H2,1-2H3;2*1H. The second-order valence-corrected chi connectivity index (χ2v) is 5.33. The van der Waals surface area contributed by atoms with Crippen molar-refractivity contribution < 1.29 is 4.74 Å². The van der Waals surface area contributed by atoms with Crippen LogP contribution < -0.4 is 15.8 Å². The molecule has 0 aliphatic rings. The number of unbranched alkanes of at least 4 members (excludes halogenated alkanes) is 3. The molecule has 0 saturated heterocycles. The van der Waals surface area contributed by atoms with Crippen LogP contribution in [0, 0.1) is 6.92 Å². The van der Waals surface area contributed by atoms with Crippen LogP contribution in [0.25, 0.3) is 10.9 Å². The van der Waals surface area contributed by atoms with E-state index < -0.39 is 0 Å². The molecule has 2 rings (SSSR count). The van der Waals surface area contributed by atoms with Crippen molar-refractivity contribution in [3.8, 4) is 5.75 Å². The number of aryl methyl sites for hydroxylation is 1. The number of anilines is 1. The van der Waals surface area contributed by atoms with Crippen molar-refractivity contribution in [3.63, 3.8) is 0 Å². The molecule has 1 heterocycles. The average molecular weight is 360 g/mol. The highest BCUT2D eigenvalue weighted by Gasteiger charge is 2.07. The predicted molar refractivity (Wildman–Crippen MR) is 104 cm³/mol. The third kappa shape index (κ3) is 6.05. The van der Waals surface area contributed by atoms with Crippen molar-refractivity contribution in [2.24, 2.45) is 5.73 Å². The van der Waals surface area contributed by atoms with Gasteiger partial charge in [-0.05, 0) is 44.0 Å². The number of hydrogen-bond donors (Lipinski definition) is 2. The minimum absolute atomic E-state index is 0. The molecule has 6 heteroatoms. The van der Waals surface area contributed by atoms with E-state index in [2.05, 4.69) is 17.2 Å². The number of aromatic nitrogens is 1. The Labute approximate surface area is 151 Å². The van der Waals surface area contributed by atoms with Gasteiger partial charge in [0.25, 0.3) is 0 Å². The highest BCUT2D eigenvalue weighted by Crippen LogP contribution is 2.29. The van der Waals surface area contributed by atoms with Gasteiger partial charge in [-0.2, -0.15) is 0 Å². The zero-order valence-electron chi connectivity index (χ0n) is 13.8. The van der Waals surface area contributed by atoms with Crippen LogP contribution in [0.15, 0.2) is 24.4 Å². The molecule has 1 aromatic heterocycles. The van der Waals surface area contributed by atoms with Gasteiger partial charge in [0.2, 0.25) is 0 Å². The highest BCUT2D eigenvalue weighted by atomic mass is 35.5. The summed E-state index contributed by atoms with van der Waals surface area (Å²) in [6.45, 7) is 3.83. The second-order valence-electron chi connectivity index (χ2n) is 5.33. The molecule has 0 bridgehead atoms. The summed E-state index contributed by atoms with van der Waals surface area (Å²) in [5.74, 6) is 0.865. The van der Waals surface area contributed by atoms with Gasteiger partial charge in [-0.1, -0.05) is 12.8 Å². The first-order chi connectivity index (χ1) is 10.3. The number of nitrogens with zero attached hydrogens (tertiary/aromatic N) is 1. The number of pyridine rings is 1. The minimum atomic E-state index is 0. The maximum atomic E-state index is 5.50. The van der Waals surface area contributed by atoms with E-state index in [9.17, 15) is 0 Å². The van der Waals surface area contributed by atoms with E-state index in [4.69, 9.17) is 10.5 Å². The summed E-state index contributed by atoms with van der Waals surface area (Å²) in [6, 6.07) is 6.09. The smallest absolute Gasteiger partial charge is 0.121 e. The van der Waals surface area contributed by atoms with Crippen LogP contribution in [0.1, 0.15) is 31.2 Å². The van der Waals surface area contributed by atoms with Gasteiger partial charge < -0.3 is 15.8 Å². The minimum Gasteiger partial charge on any atom is -0.497 e. The lowest BCUT2D eigenvalue weighted by molar-refractivity contribution is 0.415. The zero-order chi connectivity index (χ0) is 15.1. The van der Waals surface area contributed by atoms with Crippen LogP contribution in [0.4, 0.5) is 5.69 Å². The summed E-state index contributed by atoms with van der Waals surface area (Å²) in [7, 11) is 1.70. The molecule has 0 aliphatic carbocycles. The number of ether oxygens (including phenoxy) is 1. The monoisotopic (exact) mass is 359 g/mol. The summed E-state index contributed by atoms with van der Waals surface area (Å²) in [5.41, 5.74) is 8.78. The van der Waals surface area contributed by atoms with Crippen molar-refractivity contribution in [2.45, 2.75) is 32.6 Å². The van der Waals surface area contributed by atoms with Gasteiger partial charge in [0.05, 0.1) is 18.3 Å². The number of nitrogens with one attached hydrogen (secondary N) is 1. The van der Waals surface area contributed by atoms with Gasteiger partial charge in [-0.15, -0.1) is 24.8 Å². The van der Waals surface area contributed by atoms with E-state index in [1.54, 1.807) is 7.11 Å². The fourth-order valence-corrected chi connectivity index (χ4v) is 2.46. The van der Waals surface area contributed by atoms with Crippen molar-refractivity contribution in [3.05, 3.63) is 30.0 Å². The van der Waals surface area contributed by atoms with Crippen molar-refractivity contribution in [2.75, 3.05) is 25.5 Å². The predicted octanol–water partition coefficient (Wildman–Crippen LogP) is 4.33. The maximum Gasteiger partial charge on any atom is 0.121 e. The first kappa shape index (κ1) is 21.8. The van der Waals surface area contributed by atoms with Crippen molar-refractivity contribution >= 4 is 41.4 Å². The number of fused-ring (bicyclic) bond motifs is 1. The number of methoxy groups -OCH3 is 1. The number of rotatable bonds is 8. The highest BCUT2D eigenvalue weighted by molar-refractivity contribution is 5.93. The van der Waals surface area contributed by atoms with Gasteiger partial charge >= 0.3 is 0 Å². The Bertz CT molecular complexity index is 593. The number of hydrogen-bond acceptors (Lipinski definition) is 4. The lowest BCUT2D eigenvalue weighted by atomic mass is 10.1. The van der Waals surface area contributed by atoms with Gasteiger partial charge in [0, 0.05) is 24.2 Å². The molecule has 0 amide bonds. The molecule has 3 N–H and O–H groups in total. The Balaban J connectivity index is 0.00000242. The average Bonchev–Trinajstić information content (AvgIpc) is 2.51. The Morgan fingerprint density at radius 2 is 1.87 bits per heavy atom. The molecule has 0 spiro atoms. The van der Waals surface area contributed by atoms with E-state index in [0.717, 1.165) is 48.3 Å². The SMILES string of the molecule is COc1cc(NCCCCCCN)c2nccc(C)c2c1.Cl.Cl. The summed E-state index contributed by atoms with van der Waals surface area (Å²) in [4.78, 5) is 4.51. The van der Waals surface area contributed by atoms with E-state index in [0.29, 0.717) is 0 Å². The lowest BCUT2D eigenvalue weighted by Crippen LogP contribution is -2.04. The molecule has 1 aromatic carbocycles. The Morgan fingerprint density at radius 3 is 2.57 bits per heavy atom. The van der Waals surface area contributed by atoms with Crippen LogP contribution in [-0.4, -0.2) is 25.2 Å². The quantitative estimate of drug-likeness (QED) is 0.688. The van der Waals surface area contributed by atoms with Crippen LogP contribution in [-0.2, 0) is 0 Å². The van der Waals surface area contributed by atoms with E-state index in [1.807, 2.05) is 24.4 Å². The fourth-order valence-electron chi connectivity index (χ4n) is 2.46. The molecule has 23 heavy (non-hydrogen) atoms. The first-order valence-corrected chi connectivity index (χ1v) is 7.63. The number of nitrogens with two attached hydrogens (primary N) is 1. The summed E-state index contributed by atoms with van der Waals surface area (Å²) in [5, 5.41) is 4.63. The first-order valence-electron chi connectivity index (χ1n) is 7.63. The Hall–Kier alpha value is -1.23. The summed E-state index contributed by atoms with van der Waals surface area (Å²) >= 11 is 0. The fraction of sp³-hybridized carbons (Fsp3) is 0.471. The van der Waals surface area contributed by atoms with Crippen LogP contribution >= 0.6 is 24.8 Å². The van der Waals surface area contributed by atoms with Crippen LogP contribution in [0.3, 0.4) is 0 Å². The van der Waals surface area contributed by atoms with Gasteiger partial charge in [0.15, 0.2) is 0 Å². The van der Waals surface area contributed by atoms with Gasteiger partial charge in [0.1, 0.15) is 5.75 Å². The molecule has 0 atom stereocenters. The molecule has 0 unspecified atom stereocenters. The topological polar surface area (TPSA) is 60.2 Å². The second kappa shape index (κ2) is 11.3. The van der Waals surface area contributed by atoms with E-state index >= 15 is 0 Å². The molecule has 0 saturated carbocycles. The summed E-state index contributed by atoms with van der Waals surface area (Å²) in [6.07, 6.45) is 6.52. The lowest BCUT2D eigenvalue weighted by Gasteiger charge is -2.12. The number of benzene rings is 1. The van der Waals surface area contributed by atoms with Crippen LogP contribution in [0.2, 0.25) is 0 Å². The van der Waals surface area contributed by atoms with Gasteiger partial charge in [-0.25, -0.2) is 0 Å².